The number of benzene rings is 1. The van der Waals surface area contributed by atoms with Gasteiger partial charge in [0.05, 0.1) is 0 Å². The van der Waals surface area contributed by atoms with Crippen LogP contribution in [-0.2, 0) is 4.79 Å². The minimum Gasteiger partial charge on any atom is -0.480 e. The van der Waals surface area contributed by atoms with Gasteiger partial charge in [0.25, 0.3) is 5.91 Å². The Hall–Kier alpha value is -3.03. The van der Waals surface area contributed by atoms with E-state index in [-0.39, 0.29) is 11.6 Å². The van der Waals surface area contributed by atoms with Gasteiger partial charge in [-0.2, -0.15) is 5.10 Å². The molecule has 2 N–H and O–H groups in total. The fraction of sp³-hybridized carbons (Fsp3) is 0.294. The number of carbonyl (C=O) groups excluding carboxylic acids is 1. The average molecular weight is 347 g/mol. The van der Waals surface area contributed by atoms with Gasteiger partial charge in [-0.15, -0.1) is 0 Å². The van der Waals surface area contributed by atoms with Crippen molar-refractivity contribution >= 4 is 11.9 Å². The number of amides is 1. The monoisotopic (exact) mass is 347 g/mol. The molecule has 1 aromatic heterocycles. The van der Waals surface area contributed by atoms with E-state index < -0.39 is 34.9 Å². The summed E-state index contributed by atoms with van der Waals surface area (Å²) in [6.07, 6.45) is 0. The van der Waals surface area contributed by atoms with Crippen molar-refractivity contribution in [2.45, 2.75) is 26.8 Å². The molecule has 0 fully saturated rings. The summed E-state index contributed by atoms with van der Waals surface area (Å²) < 4.78 is 15.1. The lowest BCUT2D eigenvalue weighted by Crippen LogP contribution is -2.46. The summed E-state index contributed by atoms with van der Waals surface area (Å²) >= 11 is 0. The average Bonchev–Trinajstić information content (AvgIpc) is 2.53. The maximum absolute atomic E-state index is 14.0. The minimum atomic E-state index is -1.22. The van der Waals surface area contributed by atoms with Crippen LogP contribution in [0.1, 0.15) is 30.0 Å². The minimum absolute atomic E-state index is 0.0766. The first-order valence-electron chi connectivity index (χ1n) is 7.62. The lowest BCUT2D eigenvalue weighted by atomic mass is 10.0. The van der Waals surface area contributed by atoms with E-state index in [1.54, 1.807) is 26.8 Å². The smallest absolute Gasteiger partial charge is 0.326 e. The summed E-state index contributed by atoms with van der Waals surface area (Å²) in [5.41, 5.74) is -0.755. The lowest BCUT2D eigenvalue weighted by molar-refractivity contribution is -0.140. The molecule has 0 aliphatic carbocycles. The molecule has 7 nitrogen and oxygen atoms in total. The zero-order chi connectivity index (χ0) is 18.7. The zero-order valence-electron chi connectivity index (χ0n) is 14.0. The van der Waals surface area contributed by atoms with E-state index >= 15 is 0 Å². The number of carboxylic acids is 1. The van der Waals surface area contributed by atoms with Crippen molar-refractivity contribution in [1.82, 2.24) is 15.1 Å². The quantitative estimate of drug-likeness (QED) is 0.854. The molecule has 1 atom stereocenters. The SMILES string of the molecule is Cc1cc(=O)c(C(=O)N[C@@H](C(=O)O)C(C)C)nn1-c1ccccc1F. The summed E-state index contributed by atoms with van der Waals surface area (Å²) in [6, 6.07) is 5.76. The number of nitrogens with one attached hydrogen (secondary N) is 1. The molecule has 0 spiro atoms. The van der Waals surface area contributed by atoms with E-state index in [4.69, 9.17) is 5.11 Å². The second-order valence-electron chi connectivity index (χ2n) is 5.90. The third-order valence-corrected chi connectivity index (χ3v) is 3.62. The number of nitrogens with zero attached hydrogens (tertiary/aromatic N) is 2. The van der Waals surface area contributed by atoms with Gasteiger partial charge in [0.1, 0.15) is 17.5 Å². The zero-order valence-corrected chi connectivity index (χ0v) is 14.0. The van der Waals surface area contributed by atoms with Crippen LogP contribution in [0, 0.1) is 18.7 Å². The van der Waals surface area contributed by atoms with Gasteiger partial charge in [-0.05, 0) is 25.0 Å². The van der Waals surface area contributed by atoms with E-state index in [0.29, 0.717) is 5.69 Å². The summed E-state index contributed by atoms with van der Waals surface area (Å²) in [4.78, 5) is 35.6. The molecule has 1 heterocycles. The predicted molar refractivity (Wildman–Crippen MR) is 88.3 cm³/mol. The number of hydrogen-bond acceptors (Lipinski definition) is 4. The van der Waals surface area contributed by atoms with Crippen LogP contribution in [0.15, 0.2) is 35.1 Å². The number of aryl methyl sites for hydroxylation is 1. The molecule has 0 saturated carbocycles. The van der Waals surface area contributed by atoms with Gasteiger partial charge in [0.2, 0.25) is 5.43 Å². The Morgan fingerprint density at radius 3 is 2.48 bits per heavy atom. The third kappa shape index (κ3) is 3.90. The predicted octanol–water partition coefficient (Wildman–Crippen LogP) is 1.52. The lowest BCUT2D eigenvalue weighted by Gasteiger charge is -2.18. The molecular formula is C17H18FN3O4. The number of carboxylic acid groups (broad SMARTS) is 1. The Balaban J connectivity index is 2.47. The van der Waals surface area contributed by atoms with Crippen molar-refractivity contribution < 1.29 is 19.1 Å². The van der Waals surface area contributed by atoms with Crippen LogP contribution in [0.4, 0.5) is 4.39 Å². The van der Waals surface area contributed by atoms with Gasteiger partial charge in [0, 0.05) is 11.8 Å². The maximum atomic E-state index is 14.0. The normalized spacial score (nSPS) is 12.0. The third-order valence-electron chi connectivity index (χ3n) is 3.62. The highest BCUT2D eigenvalue weighted by Gasteiger charge is 2.26. The van der Waals surface area contributed by atoms with Crippen LogP contribution in [0.2, 0.25) is 0 Å². The number of halogens is 1. The fourth-order valence-corrected chi connectivity index (χ4v) is 2.30. The Labute approximate surface area is 143 Å². The first kappa shape index (κ1) is 18.3. The molecule has 0 radical (unpaired) electrons. The van der Waals surface area contributed by atoms with Crippen LogP contribution in [0.3, 0.4) is 0 Å². The molecule has 25 heavy (non-hydrogen) atoms. The van der Waals surface area contributed by atoms with E-state index in [1.165, 1.54) is 18.2 Å². The summed E-state index contributed by atoms with van der Waals surface area (Å²) in [7, 11) is 0. The van der Waals surface area contributed by atoms with Gasteiger partial charge in [-0.1, -0.05) is 26.0 Å². The summed E-state index contributed by atoms with van der Waals surface area (Å²) in [5.74, 6) is -3.10. The molecule has 0 bridgehead atoms. The molecule has 2 rings (SSSR count). The van der Waals surface area contributed by atoms with Gasteiger partial charge < -0.3 is 10.4 Å². The highest BCUT2D eigenvalue weighted by molar-refractivity contribution is 5.94. The first-order chi connectivity index (χ1) is 11.7. The summed E-state index contributed by atoms with van der Waals surface area (Å²) in [5, 5.41) is 15.4. The topological polar surface area (TPSA) is 101 Å². The molecule has 0 aliphatic rings. The van der Waals surface area contributed by atoms with Crippen LogP contribution in [0.25, 0.3) is 5.69 Å². The van der Waals surface area contributed by atoms with Crippen LogP contribution in [0.5, 0.6) is 0 Å². The highest BCUT2D eigenvalue weighted by Crippen LogP contribution is 2.13. The van der Waals surface area contributed by atoms with E-state index in [9.17, 15) is 18.8 Å². The Morgan fingerprint density at radius 1 is 1.28 bits per heavy atom. The molecule has 8 heteroatoms. The second-order valence-corrected chi connectivity index (χ2v) is 5.90. The van der Waals surface area contributed by atoms with Crippen molar-refractivity contribution in [3.05, 3.63) is 57.8 Å². The molecule has 1 amide bonds. The number of carbonyl (C=O) groups is 2. The molecule has 132 valence electrons. The van der Waals surface area contributed by atoms with Gasteiger partial charge >= 0.3 is 5.97 Å². The molecule has 0 unspecified atom stereocenters. The van der Waals surface area contributed by atoms with Crippen molar-refractivity contribution in [3.63, 3.8) is 0 Å². The van der Waals surface area contributed by atoms with E-state index in [2.05, 4.69) is 10.4 Å². The largest absolute Gasteiger partial charge is 0.480 e. The fourth-order valence-electron chi connectivity index (χ4n) is 2.30. The number of rotatable bonds is 5. The summed E-state index contributed by atoms with van der Waals surface area (Å²) in [6.45, 7) is 4.80. The highest BCUT2D eigenvalue weighted by atomic mass is 19.1. The van der Waals surface area contributed by atoms with Gasteiger partial charge in [0.15, 0.2) is 5.69 Å². The van der Waals surface area contributed by atoms with Crippen LogP contribution >= 0.6 is 0 Å². The number of aromatic nitrogens is 2. The second kappa shape index (κ2) is 7.25. The number of aliphatic carboxylic acids is 1. The van der Waals surface area contributed by atoms with Gasteiger partial charge in [-0.3, -0.25) is 9.59 Å². The molecule has 2 aromatic rings. The standard InChI is InChI=1S/C17H18FN3O4/c1-9(2)14(17(24)25)19-16(23)15-13(22)8-10(3)21(20-15)12-7-5-4-6-11(12)18/h4-9,14H,1-3H3,(H,19,23)(H,24,25)/t14-/m1/s1. The molecule has 0 saturated heterocycles. The number of para-hydroxylation sites is 1. The number of hydrogen-bond donors (Lipinski definition) is 2. The van der Waals surface area contributed by atoms with Crippen molar-refractivity contribution in [3.8, 4) is 5.69 Å². The van der Waals surface area contributed by atoms with Crippen LogP contribution < -0.4 is 10.7 Å². The van der Waals surface area contributed by atoms with Gasteiger partial charge in [-0.25, -0.2) is 13.9 Å². The molecular weight excluding hydrogens is 329 g/mol. The Morgan fingerprint density at radius 2 is 1.92 bits per heavy atom. The van der Waals surface area contributed by atoms with Crippen LogP contribution in [-0.4, -0.2) is 32.8 Å². The van der Waals surface area contributed by atoms with Crippen molar-refractivity contribution in [2.75, 3.05) is 0 Å². The maximum Gasteiger partial charge on any atom is 0.326 e. The first-order valence-corrected chi connectivity index (χ1v) is 7.62. The van der Waals surface area contributed by atoms with E-state index in [1.807, 2.05) is 0 Å². The Bertz CT molecular complexity index is 876. The molecule has 1 aromatic carbocycles. The Kier molecular flexibility index (Phi) is 5.31. The van der Waals surface area contributed by atoms with E-state index in [0.717, 1.165) is 10.7 Å². The molecule has 0 aliphatic heterocycles. The van der Waals surface area contributed by atoms with Crippen molar-refractivity contribution in [2.24, 2.45) is 5.92 Å². The van der Waals surface area contributed by atoms with Crippen molar-refractivity contribution in [1.29, 1.82) is 0 Å².